The van der Waals surface area contributed by atoms with Gasteiger partial charge >= 0.3 is 5.97 Å². The molecule has 16 heavy (non-hydrogen) atoms. The molecular formula is C11H12FNO3. The van der Waals surface area contributed by atoms with Crippen molar-refractivity contribution >= 4 is 17.6 Å². The smallest absolute Gasteiger partial charge is 0.315 e. The molecule has 4 nitrogen and oxygen atoms in total. The highest BCUT2D eigenvalue weighted by Gasteiger charge is 2.09. The first-order valence-corrected chi connectivity index (χ1v) is 4.65. The molecule has 0 fully saturated rings. The highest BCUT2D eigenvalue weighted by molar-refractivity contribution is 6.01. The number of benzene rings is 1. The number of methoxy groups -OCH3 is 1. The first-order chi connectivity index (χ1) is 7.52. The van der Waals surface area contributed by atoms with E-state index < -0.39 is 11.9 Å². The van der Waals surface area contributed by atoms with Crippen LogP contribution in [0, 0.1) is 12.7 Å². The van der Waals surface area contributed by atoms with Crippen LogP contribution in [0.1, 0.15) is 12.0 Å². The number of carbonyl (C=O) groups is 2. The van der Waals surface area contributed by atoms with Crippen LogP contribution in [0.2, 0.25) is 0 Å². The van der Waals surface area contributed by atoms with Gasteiger partial charge in [0.25, 0.3) is 0 Å². The molecule has 86 valence electrons. The van der Waals surface area contributed by atoms with Gasteiger partial charge in [-0.15, -0.1) is 0 Å². The minimum atomic E-state index is -0.615. The average Bonchev–Trinajstić information content (AvgIpc) is 2.23. The van der Waals surface area contributed by atoms with Crippen molar-refractivity contribution in [2.45, 2.75) is 13.3 Å². The summed E-state index contributed by atoms with van der Waals surface area (Å²) in [4.78, 5) is 22.1. The van der Waals surface area contributed by atoms with Gasteiger partial charge in [0.15, 0.2) is 0 Å². The summed E-state index contributed by atoms with van der Waals surface area (Å²) in [6.07, 6.45) is -0.354. The van der Waals surface area contributed by atoms with Gasteiger partial charge in [0.1, 0.15) is 12.2 Å². The van der Waals surface area contributed by atoms with E-state index in [1.54, 1.807) is 6.92 Å². The first-order valence-electron chi connectivity index (χ1n) is 4.65. The fourth-order valence-corrected chi connectivity index (χ4v) is 1.13. The molecule has 1 N–H and O–H groups in total. The number of esters is 1. The van der Waals surface area contributed by atoms with E-state index in [0.717, 1.165) is 0 Å². The normalized spacial score (nSPS) is 9.69. The fraction of sp³-hybridized carbons (Fsp3) is 0.273. The van der Waals surface area contributed by atoms with Crippen molar-refractivity contribution in [3.05, 3.63) is 29.6 Å². The Hall–Kier alpha value is -1.91. The van der Waals surface area contributed by atoms with Gasteiger partial charge in [0, 0.05) is 5.69 Å². The van der Waals surface area contributed by atoms with Crippen LogP contribution in [0.4, 0.5) is 10.1 Å². The van der Waals surface area contributed by atoms with Crippen LogP contribution in [0.15, 0.2) is 18.2 Å². The van der Waals surface area contributed by atoms with Crippen LogP contribution in [0.3, 0.4) is 0 Å². The van der Waals surface area contributed by atoms with Crippen LogP contribution in [-0.4, -0.2) is 19.0 Å². The number of hydrogen-bond acceptors (Lipinski definition) is 3. The number of hydrogen-bond donors (Lipinski definition) is 1. The Kier molecular flexibility index (Phi) is 3.99. The standard InChI is InChI=1S/C11H12FNO3/c1-7-5-8(3-4-9(7)12)13-10(14)6-11(15)16-2/h3-5H,6H2,1-2H3,(H,13,14). The van der Waals surface area contributed by atoms with Gasteiger partial charge in [-0.1, -0.05) is 0 Å². The van der Waals surface area contributed by atoms with Crippen molar-refractivity contribution in [1.82, 2.24) is 0 Å². The third-order valence-electron chi connectivity index (χ3n) is 1.97. The molecule has 1 amide bonds. The monoisotopic (exact) mass is 225 g/mol. The summed E-state index contributed by atoms with van der Waals surface area (Å²) in [5.41, 5.74) is 0.878. The zero-order valence-corrected chi connectivity index (χ0v) is 9.04. The second-order valence-electron chi connectivity index (χ2n) is 3.27. The van der Waals surface area contributed by atoms with E-state index in [9.17, 15) is 14.0 Å². The van der Waals surface area contributed by atoms with Gasteiger partial charge < -0.3 is 10.1 Å². The van der Waals surface area contributed by atoms with Crippen LogP contribution in [0.25, 0.3) is 0 Å². The summed E-state index contributed by atoms with van der Waals surface area (Å²) >= 11 is 0. The Balaban J connectivity index is 2.63. The van der Waals surface area contributed by atoms with Gasteiger partial charge in [-0.25, -0.2) is 4.39 Å². The lowest BCUT2D eigenvalue weighted by atomic mass is 10.2. The summed E-state index contributed by atoms with van der Waals surface area (Å²) in [5.74, 6) is -1.44. The van der Waals surface area contributed by atoms with Crippen molar-refractivity contribution in [2.75, 3.05) is 12.4 Å². The number of anilines is 1. The lowest BCUT2D eigenvalue weighted by molar-refractivity contribution is -0.142. The molecule has 0 aliphatic heterocycles. The molecule has 0 radical (unpaired) electrons. The number of amides is 1. The Bertz CT molecular complexity index is 418. The number of rotatable bonds is 3. The fourth-order valence-electron chi connectivity index (χ4n) is 1.13. The summed E-state index contributed by atoms with van der Waals surface area (Å²) in [6.45, 7) is 1.59. The third kappa shape index (κ3) is 3.34. The van der Waals surface area contributed by atoms with Crippen LogP contribution in [0.5, 0.6) is 0 Å². The molecule has 0 aliphatic rings. The lowest BCUT2D eigenvalue weighted by Gasteiger charge is -2.05. The van der Waals surface area contributed by atoms with Crippen LogP contribution in [-0.2, 0) is 14.3 Å². The second kappa shape index (κ2) is 5.25. The van der Waals surface area contributed by atoms with Gasteiger partial charge in [-0.2, -0.15) is 0 Å². The third-order valence-corrected chi connectivity index (χ3v) is 1.97. The van der Waals surface area contributed by atoms with Gasteiger partial charge in [0.05, 0.1) is 7.11 Å². The average molecular weight is 225 g/mol. The first kappa shape index (κ1) is 12.2. The van der Waals surface area contributed by atoms with Gasteiger partial charge in [-0.3, -0.25) is 9.59 Å². The van der Waals surface area contributed by atoms with Crippen molar-refractivity contribution in [3.8, 4) is 0 Å². The van der Waals surface area contributed by atoms with Crippen molar-refractivity contribution < 1.29 is 18.7 Å². The summed E-state index contributed by atoms with van der Waals surface area (Å²) in [6, 6.07) is 4.17. The molecule has 0 saturated carbocycles. The zero-order valence-electron chi connectivity index (χ0n) is 9.04. The molecule has 1 aromatic rings. The SMILES string of the molecule is COC(=O)CC(=O)Nc1ccc(F)c(C)c1. The molecule has 0 bridgehead atoms. The number of nitrogens with one attached hydrogen (secondary N) is 1. The zero-order chi connectivity index (χ0) is 12.1. The van der Waals surface area contributed by atoms with E-state index in [0.29, 0.717) is 11.3 Å². The number of carbonyl (C=O) groups excluding carboxylic acids is 2. The summed E-state index contributed by atoms with van der Waals surface area (Å²) in [5, 5.41) is 2.47. The Morgan fingerprint density at radius 1 is 1.44 bits per heavy atom. The maximum Gasteiger partial charge on any atom is 0.315 e. The Labute approximate surface area is 92.4 Å². The van der Waals surface area contributed by atoms with E-state index in [2.05, 4.69) is 10.1 Å². The van der Waals surface area contributed by atoms with E-state index in [1.807, 2.05) is 0 Å². The number of aryl methyl sites for hydroxylation is 1. The number of ether oxygens (including phenoxy) is 1. The molecule has 1 aromatic carbocycles. The predicted octanol–water partition coefficient (Wildman–Crippen LogP) is 1.64. The molecular weight excluding hydrogens is 213 g/mol. The van der Waals surface area contributed by atoms with E-state index in [-0.39, 0.29) is 12.2 Å². The molecule has 0 atom stereocenters. The highest BCUT2D eigenvalue weighted by atomic mass is 19.1. The largest absolute Gasteiger partial charge is 0.469 e. The molecule has 0 saturated heterocycles. The molecule has 0 aliphatic carbocycles. The van der Waals surface area contributed by atoms with E-state index in [4.69, 9.17) is 0 Å². The molecule has 0 spiro atoms. The molecule has 1 rings (SSSR count). The highest BCUT2D eigenvalue weighted by Crippen LogP contribution is 2.13. The van der Waals surface area contributed by atoms with Crippen LogP contribution < -0.4 is 5.32 Å². The number of halogens is 1. The van der Waals surface area contributed by atoms with Gasteiger partial charge in [-0.05, 0) is 30.7 Å². The second-order valence-corrected chi connectivity index (χ2v) is 3.27. The Morgan fingerprint density at radius 3 is 2.69 bits per heavy atom. The molecule has 0 heterocycles. The maximum absolute atomic E-state index is 12.9. The van der Waals surface area contributed by atoms with Crippen molar-refractivity contribution in [1.29, 1.82) is 0 Å². The maximum atomic E-state index is 12.9. The molecule has 0 aromatic heterocycles. The minimum Gasteiger partial charge on any atom is -0.469 e. The van der Waals surface area contributed by atoms with Crippen LogP contribution >= 0.6 is 0 Å². The molecule has 5 heteroatoms. The molecule has 0 unspecified atom stereocenters. The topological polar surface area (TPSA) is 55.4 Å². The van der Waals surface area contributed by atoms with E-state index in [1.165, 1.54) is 25.3 Å². The lowest BCUT2D eigenvalue weighted by Crippen LogP contribution is -2.17. The van der Waals surface area contributed by atoms with Crippen molar-refractivity contribution in [2.24, 2.45) is 0 Å². The summed E-state index contributed by atoms with van der Waals surface area (Å²) in [7, 11) is 1.21. The van der Waals surface area contributed by atoms with Gasteiger partial charge in [0.2, 0.25) is 5.91 Å². The minimum absolute atomic E-state index is 0.342. The van der Waals surface area contributed by atoms with E-state index >= 15 is 0 Å². The predicted molar refractivity (Wildman–Crippen MR) is 56.4 cm³/mol. The Morgan fingerprint density at radius 2 is 2.12 bits per heavy atom. The quantitative estimate of drug-likeness (QED) is 0.628. The summed E-state index contributed by atoms with van der Waals surface area (Å²) < 4.78 is 17.3. The van der Waals surface area contributed by atoms with Crippen molar-refractivity contribution in [3.63, 3.8) is 0 Å².